The summed E-state index contributed by atoms with van der Waals surface area (Å²) in [6, 6.07) is 8.33. The molecule has 2 atom stereocenters. The van der Waals surface area contributed by atoms with Crippen molar-refractivity contribution in [2.75, 3.05) is 66.5 Å². The number of fused-ring (bicyclic) bond motifs is 1. The Kier molecular flexibility index (Phi) is 6.65. The minimum atomic E-state index is 0.156. The van der Waals surface area contributed by atoms with Crippen LogP contribution in [0.25, 0.3) is 10.2 Å². The van der Waals surface area contributed by atoms with E-state index in [0.29, 0.717) is 19.0 Å². The number of carbonyl (C=O) groups excluding carboxylic acids is 2. The highest BCUT2D eigenvalue weighted by molar-refractivity contribution is 7.18. The van der Waals surface area contributed by atoms with E-state index in [0.717, 1.165) is 51.2 Å². The predicted molar refractivity (Wildman–Crippen MR) is 118 cm³/mol. The molecule has 0 saturated carbocycles. The SMILES string of the molecule is CN(C)C(=O)C[NH+]1CCN(C(=O)C[NH+]2CCC[C@@H](c3nc4ccccc4s3)C2)CC1. The number of benzene rings is 1. The Balaban J connectivity index is 1.28. The van der Waals surface area contributed by atoms with Gasteiger partial charge in [0.25, 0.3) is 11.8 Å². The number of carbonyl (C=O) groups is 2. The van der Waals surface area contributed by atoms with Crippen molar-refractivity contribution in [2.45, 2.75) is 18.8 Å². The van der Waals surface area contributed by atoms with Gasteiger partial charge < -0.3 is 19.6 Å². The lowest BCUT2D eigenvalue weighted by Gasteiger charge is -2.34. The highest BCUT2D eigenvalue weighted by Gasteiger charge is 2.31. The summed E-state index contributed by atoms with van der Waals surface area (Å²) in [5.74, 6) is 0.869. The fourth-order valence-electron chi connectivity index (χ4n) is 4.53. The van der Waals surface area contributed by atoms with E-state index < -0.39 is 0 Å². The van der Waals surface area contributed by atoms with Gasteiger partial charge in [0.05, 0.1) is 55.4 Å². The van der Waals surface area contributed by atoms with E-state index in [-0.39, 0.29) is 11.8 Å². The first-order chi connectivity index (χ1) is 14.5. The van der Waals surface area contributed by atoms with Crippen LogP contribution in [0.15, 0.2) is 24.3 Å². The van der Waals surface area contributed by atoms with E-state index in [1.165, 1.54) is 25.9 Å². The molecule has 1 unspecified atom stereocenters. The van der Waals surface area contributed by atoms with Crippen molar-refractivity contribution in [1.29, 1.82) is 0 Å². The van der Waals surface area contributed by atoms with Crippen LogP contribution in [-0.2, 0) is 9.59 Å². The molecule has 8 heteroatoms. The van der Waals surface area contributed by atoms with E-state index in [1.807, 2.05) is 11.0 Å². The van der Waals surface area contributed by atoms with Crippen LogP contribution in [0.1, 0.15) is 23.8 Å². The molecule has 2 fully saturated rings. The normalized spacial score (nSPS) is 22.9. The molecule has 0 spiro atoms. The fourth-order valence-corrected chi connectivity index (χ4v) is 5.64. The Hall–Kier alpha value is -2.03. The third kappa shape index (κ3) is 4.99. The van der Waals surface area contributed by atoms with Crippen LogP contribution in [0.3, 0.4) is 0 Å². The van der Waals surface area contributed by atoms with Gasteiger partial charge in [-0.25, -0.2) is 4.98 Å². The number of para-hydroxylation sites is 1. The average molecular weight is 432 g/mol. The van der Waals surface area contributed by atoms with Gasteiger partial charge in [-0.2, -0.15) is 0 Å². The van der Waals surface area contributed by atoms with Crippen LogP contribution in [-0.4, -0.2) is 93.1 Å². The molecule has 1 aromatic heterocycles. The number of hydrogen-bond acceptors (Lipinski definition) is 4. The first-order valence-corrected chi connectivity index (χ1v) is 11.8. The molecule has 2 N–H and O–H groups in total. The lowest BCUT2D eigenvalue weighted by molar-refractivity contribution is -0.901. The molecule has 4 rings (SSSR count). The average Bonchev–Trinajstić information content (AvgIpc) is 3.19. The summed E-state index contributed by atoms with van der Waals surface area (Å²) in [6.45, 7) is 6.38. The molecule has 2 saturated heterocycles. The van der Waals surface area contributed by atoms with Crippen LogP contribution in [0, 0.1) is 0 Å². The predicted octanol–water partition coefficient (Wildman–Crippen LogP) is -1.13. The maximum atomic E-state index is 12.9. The number of rotatable bonds is 5. The van der Waals surface area contributed by atoms with Crippen molar-refractivity contribution in [1.82, 2.24) is 14.8 Å². The molecule has 2 aliphatic rings. The minimum Gasteiger partial charge on any atom is -0.344 e. The second kappa shape index (κ2) is 9.41. The Morgan fingerprint density at radius 2 is 1.90 bits per heavy atom. The van der Waals surface area contributed by atoms with Crippen molar-refractivity contribution >= 4 is 33.4 Å². The number of amides is 2. The molecule has 162 valence electrons. The molecule has 0 radical (unpaired) electrons. The summed E-state index contributed by atoms with van der Waals surface area (Å²) in [7, 11) is 3.59. The van der Waals surface area contributed by atoms with Crippen molar-refractivity contribution in [3.05, 3.63) is 29.3 Å². The second-order valence-electron chi connectivity index (χ2n) is 8.84. The van der Waals surface area contributed by atoms with Gasteiger partial charge in [0, 0.05) is 14.1 Å². The number of likely N-dealkylation sites (tertiary alicyclic amines) is 1. The molecule has 3 heterocycles. The van der Waals surface area contributed by atoms with Crippen molar-refractivity contribution in [3.63, 3.8) is 0 Å². The minimum absolute atomic E-state index is 0.156. The van der Waals surface area contributed by atoms with Crippen molar-refractivity contribution in [3.8, 4) is 0 Å². The van der Waals surface area contributed by atoms with Crippen LogP contribution in [0.4, 0.5) is 0 Å². The van der Waals surface area contributed by atoms with E-state index >= 15 is 0 Å². The Labute approximate surface area is 182 Å². The largest absolute Gasteiger partial charge is 0.344 e. The summed E-state index contributed by atoms with van der Waals surface area (Å²) in [6.07, 6.45) is 2.31. The fraction of sp³-hybridized carbons (Fsp3) is 0.591. The zero-order valence-corrected chi connectivity index (χ0v) is 18.8. The van der Waals surface area contributed by atoms with Gasteiger partial charge in [-0.3, -0.25) is 9.59 Å². The molecular formula is C22H33N5O2S+2. The number of quaternary nitrogens is 2. The number of nitrogens with one attached hydrogen (secondary N) is 2. The molecule has 2 aromatic rings. The first-order valence-electron chi connectivity index (χ1n) is 11.0. The topological polar surface area (TPSA) is 62.4 Å². The van der Waals surface area contributed by atoms with Crippen LogP contribution < -0.4 is 9.80 Å². The van der Waals surface area contributed by atoms with Gasteiger partial charge >= 0.3 is 0 Å². The van der Waals surface area contributed by atoms with Gasteiger partial charge in [-0.15, -0.1) is 11.3 Å². The van der Waals surface area contributed by atoms with Gasteiger partial charge in [-0.05, 0) is 25.0 Å². The monoisotopic (exact) mass is 431 g/mol. The molecule has 0 aliphatic carbocycles. The summed E-state index contributed by atoms with van der Waals surface area (Å²) in [4.78, 5) is 36.0. The lowest BCUT2D eigenvalue weighted by Crippen LogP contribution is -3.16. The Morgan fingerprint density at radius 1 is 1.13 bits per heavy atom. The molecular weight excluding hydrogens is 398 g/mol. The van der Waals surface area contributed by atoms with E-state index in [2.05, 4.69) is 18.2 Å². The lowest BCUT2D eigenvalue weighted by atomic mass is 9.98. The maximum Gasteiger partial charge on any atom is 0.278 e. The van der Waals surface area contributed by atoms with Crippen LogP contribution in [0.5, 0.6) is 0 Å². The quantitative estimate of drug-likeness (QED) is 0.630. The van der Waals surface area contributed by atoms with Crippen molar-refractivity contribution < 1.29 is 19.4 Å². The van der Waals surface area contributed by atoms with Gasteiger partial charge in [0.1, 0.15) is 5.01 Å². The molecule has 7 nitrogen and oxygen atoms in total. The highest BCUT2D eigenvalue weighted by atomic mass is 32.1. The number of likely N-dealkylation sites (N-methyl/N-ethyl adjacent to an activating group) is 1. The zero-order chi connectivity index (χ0) is 21.1. The first kappa shape index (κ1) is 21.2. The van der Waals surface area contributed by atoms with E-state index in [1.54, 1.807) is 30.3 Å². The number of nitrogens with zero attached hydrogens (tertiary/aromatic N) is 3. The second-order valence-corrected chi connectivity index (χ2v) is 9.90. The van der Waals surface area contributed by atoms with Crippen LogP contribution in [0.2, 0.25) is 0 Å². The molecule has 30 heavy (non-hydrogen) atoms. The zero-order valence-electron chi connectivity index (χ0n) is 18.0. The number of aromatic nitrogens is 1. The van der Waals surface area contributed by atoms with Crippen molar-refractivity contribution in [2.24, 2.45) is 0 Å². The number of hydrogen-bond donors (Lipinski definition) is 2. The third-order valence-electron chi connectivity index (χ3n) is 6.40. The Bertz CT molecular complexity index is 858. The van der Waals surface area contributed by atoms with Gasteiger partial charge in [0.2, 0.25) is 0 Å². The van der Waals surface area contributed by atoms with Gasteiger partial charge in [-0.1, -0.05) is 12.1 Å². The summed E-state index contributed by atoms with van der Waals surface area (Å²) in [5.41, 5.74) is 1.09. The van der Waals surface area contributed by atoms with E-state index in [4.69, 9.17) is 4.98 Å². The third-order valence-corrected chi connectivity index (χ3v) is 7.60. The van der Waals surface area contributed by atoms with Crippen LogP contribution >= 0.6 is 11.3 Å². The maximum absolute atomic E-state index is 12.9. The number of piperazine rings is 1. The molecule has 1 aromatic carbocycles. The summed E-state index contributed by atoms with van der Waals surface area (Å²) in [5, 5.41) is 1.23. The number of thiazole rings is 1. The highest BCUT2D eigenvalue weighted by Crippen LogP contribution is 2.30. The smallest absolute Gasteiger partial charge is 0.278 e. The molecule has 0 bridgehead atoms. The molecule has 2 aliphatic heterocycles. The summed E-state index contributed by atoms with van der Waals surface area (Å²) < 4.78 is 1.25. The standard InChI is InChI=1S/C22H31N5O2S/c1-24(2)20(28)15-25-10-12-27(13-11-25)21(29)16-26-9-5-6-17(14-26)22-23-18-7-3-4-8-19(18)30-22/h3-4,7-8,17H,5-6,9-16H2,1-2H3/p+2/t17-/m1/s1. The summed E-state index contributed by atoms with van der Waals surface area (Å²) >= 11 is 1.81. The molecule has 2 amide bonds. The number of piperidine rings is 1. The van der Waals surface area contributed by atoms with E-state index in [9.17, 15) is 9.59 Å². The Morgan fingerprint density at radius 3 is 2.63 bits per heavy atom. The van der Waals surface area contributed by atoms with Gasteiger partial charge in [0.15, 0.2) is 13.1 Å².